The van der Waals surface area contributed by atoms with Crippen LogP contribution in [0, 0.1) is 6.92 Å². The maximum absolute atomic E-state index is 14.8. The van der Waals surface area contributed by atoms with Crippen molar-refractivity contribution in [3.8, 4) is 0 Å². The van der Waals surface area contributed by atoms with Gasteiger partial charge >= 0.3 is 0 Å². The molecule has 0 bridgehead atoms. The van der Waals surface area contributed by atoms with Gasteiger partial charge < -0.3 is 5.32 Å². The van der Waals surface area contributed by atoms with Gasteiger partial charge in [-0.15, -0.1) is 0 Å². The molecule has 0 saturated carbocycles. The molecule has 0 radical (unpaired) electrons. The monoisotopic (exact) mass is 429 g/mol. The van der Waals surface area contributed by atoms with Gasteiger partial charge in [-0.3, -0.25) is 4.79 Å². The number of para-hydroxylation sites is 1. The van der Waals surface area contributed by atoms with Crippen molar-refractivity contribution in [1.29, 1.82) is 0 Å². The summed E-state index contributed by atoms with van der Waals surface area (Å²) in [5.41, 5.74) is 3.94. The first-order valence-electron chi connectivity index (χ1n) is 9.40. The topological polar surface area (TPSA) is 29.1 Å². The van der Waals surface area contributed by atoms with E-state index in [9.17, 15) is 9.18 Å². The molecule has 0 aromatic heterocycles. The smallest absolute Gasteiger partial charge is 0.255 e. The number of anilines is 1. The van der Waals surface area contributed by atoms with Gasteiger partial charge in [0, 0.05) is 23.6 Å². The highest BCUT2D eigenvalue weighted by Gasteiger charge is 2.20. The summed E-state index contributed by atoms with van der Waals surface area (Å²) in [6.45, 7) is 3.77. The summed E-state index contributed by atoms with van der Waals surface area (Å²) in [4.78, 5) is 12.4. The molecule has 3 aromatic rings. The Bertz CT molecular complexity index is 1000. The summed E-state index contributed by atoms with van der Waals surface area (Å²) in [7, 11) is 0. The third kappa shape index (κ3) is 5.37. The van der Waals surface area contributed by atoms with Crippen LogP contribution in [-0.2, 0) is 6.42 Å². The zero-order valence-electron chi connectivity index (χ0n) is 16.3. The fourth-order valence-electron chi connectivity index (χ4n) is 3.11. The van der Waals surface area contributed by atoms with Crippen molar-refractivity contribution in [3.63, 3.8) is 0 Å². The van der Waals surface area contributed by atoms with Crippen molar-refractivity contribution in [1.82, 2.24) is 0 Å². The molecule has 1 N–H and O–H groups in total. The van der Waals surface area contributed by atoms with Gasteiger partial charge in [0.2, 0.25) is 0 Å². The van der Waals surface area contributed by atoms with Crippen LogP contribution in [-0.4, -0.2) is 12.1 Å². The van der Waals surface area contributed by atoms with Gasteiger partial charge in [-0.05, 0) is 53.9 Å². The van der Waals surface area contributed by atoms with Crippen molar-refractivity contribution in [2.75, 3.05) is 5.32 Å². The molecule has 2 unspecified atom stereocenters. The number of carbonyl (C=O) groups is 1. The van der Waals surface area contributed by atoms with Crippen LogP contribution >= 0.6 is 23.2 Å². The summed E-state index contributed by atoms with van der Waals surface area (Å²) >= 11 is 12.0. The first-order valence-corrected chi connectivity index (χ1v) is 10.2. The number of aryl methyl sites for hydroxylation is 1. The molecule has 0 aliphatic rings. The van der Waals surface area contributed by atoms with E-state index in [1.165, 1.54) is 0 Å². The largest absolute Gasteiger partial charge is 0.322 e. The first kappa shape index (κ1) is 21.4. The van der Waals surface area contributed by atoms with E-state index in [0.717, 1.165) is 22.4 Å². The Morgan fingerprint density at radius 2 is 1.69 bits per heavy atom. The van der Waals surface area contributed by atoms with Gasteiger partial charge in [-0.25, -0.2) is 4.39 Å². The predicted molar refractivity (Wildman–Crippen MR) is 119 cm³/mol. The summed E-state index contributed by atoms with van der Waals surface area (Å²) in [5.74, 6) is -0.513. The maximum atomic E-state index is 14.8. The van der Waals surface area contributed by atoms with Crippen LogP contribution in [0.4, 0.5) is 10.1 Å². The van der Waals surface area contributed by atoms with Crippen LogP contribution in [0.3, 0.4) is 0 Å². The van der Waals surface area contributed by atoms with Crippen molar-refractivity contribution >= 4 is 34.8 Å². The minimum atomic E-state index is -1.08. The number of halogens is 3. The molecule has 2 atom stereocenters. The van der Waals surface area contributed by atoms with Crippen molar-refractivity contribution in [3.05, 3.63) is 99.0 Å². The quantitative estimate of drug-likeness (QED) is 0.439. The molecule has 150 valence electrons. The van der Waals surface area contributed by atoms with Gasteiger partial charge in [0.05, 0.1) is 10.0 Å². The minimum Gasteiger partial charge on any atom is -0.322 e. The second kappa shape index (κ2) is 9.43. The molecule has 3 aromatic carbocycles. The van der Waals surface area contributed by atoms with Crippen LogP contribution in [0.15, 0.2) is 66.7 Å². The molecule has 1 amide bonds. The number of amides is 1. The van der Waals surface area contributed by atoms with E-state index in [-0.39, 0.29) is 18.2 Å². The molecule has 29 heavy (non-hydrogen) atoms. The third-order valence-corrected chi connectivity index (χ3v) is 5.79. The molecule has 3 rings (SSSR count). The van der Waals surface area contributed by atoms with E-state index < -0.39 is 6.17 Å². The molecule has 0 aliphatic heterocycles. The second-order valence-electron chi connectivity index (χ2n) is 7.15. The minimum absolute atomic E-state index is 0.188. The SMILES string of the molecule is Cc1ccccc1NC(=O)c1ccc(CC(F)C(C)c2ccc(Cl)c(Cl)c2)cc1. The molecular weight excluding hydrogens is 408 g/mol. The highest BCUT2D eigenvalue weighted by atomic mass is 35.5. The molecule has 2 nitrogen and oxygen atoms in total. The first-order chi connectivity index (χ1) is 13.8. The van der Waals surface area contributed by atoms with Gasteiger partial charge in [-0.2, -0.15) is 0 Å². The fraction of sp³-hybridized carbons (Fsp3) is 0.208. The number of hydrogen-bond acceptors (Lipinski definition) is 1. The molecule has 0 fully saturated rings. The molecule has 0 spiro atoms. The Morgan fingerprint density at radius 3 is 2.34 bits per heavy atom. The van der Waals surface area contributed by atoms with Crippen LogP contribution in [0.1, 0.15) is 39.9 Å². The predicted octanol–water partition coefficient (Wildman–Crippen LogP) is 7.24. The number of rotatable bonds is 6. The maximum Gasteiger partial charge on any atom is 0.255 e. The number of hydrogen-bond donors (Lipinski definition) is 1. The Kier molecular flexibility index (Phi) is 6.94. The summed E-state index contributed by atoms with van der Waals surface area (Å²) in [6, 6.07) is 19.8. The van der Waals surface area contributed by atoms with Crippen LogP contribution < -0.4 is 5.32 Å². The Labute approximate surface area is 180 Å². The van der Waals surface area contributed by atoms with Crippen molar-refractivity contribution < 1.29 is 9.18 Å². The lowest BCUT2D eigenvalue weighted by atomic mass is 9.92. The zero-order chi connectivity index (χ0) is 21.0. The van der Waals surface area contributed by atoms with E-state index in [2.05, 4.69) is 5.32 Å². The summed E-state index contributed by atoms with van der Waals surface area (Å²) in [5, 5.41) is 3.78. The van der Waals surface area contributed by atoms with E-state index in [4.69, 9.17) is 23.2 Å². The summed E-state index contributed by atoms with van der Waals surface area (Å²) in [6.07, 6.45) is -0.833. The lowest BCUT2D eigenvalue weighted by Gasteiger charge is -2.18. The van der Waals surface area contributed by atoms with E-state index in [0.29, 0.717) is 15.6 Å². The highest BCUT2D eigenvalue weighted by molar-refractivity contribution is 6.42. The normalized spacial score (nSPS) is 13.0. The number of alkyl halides is 1. The van der Waals surface area contributed by atoms with Crippen LogP contribution in [0.25, 0.3) is 0 Å². The molecular formula is C24H22Cl2FNO. The summed E-state index contributed by atoms with van der Waals surface area (Å²) < 4.78 is 14.8. The van der Waals surface area contributed by atoms with E-state index in [1.54, 1.807) is 42.5 Å². The molecule has 0 saturated heterocycles. The average Bonchev–Trinajstić information content (AvgIpc) is 2.71. The van der Waals surface area contributed by atoms with Crippen LogP contribution in [0.2, 0.25) is 10.0 Å². The molecule has 5 heteroatoms. The van der Waals surface area contributed by atoms with E-state index >= 15 is 0 Å². The molecule has 0 heterocycles. The Hall–Kier alpha value is -2.36. The van der Waals surface area contributed by atoms with Gasteiger partial charge in [0.1, 0.15) is 6.17 Å². The second-order valence-corrected chi connectivity index (χ2v) is 7.96. The van der Waals surface area contributed by atoms with Crippen molar-refractivity contribution in [2.24, 2.45) is 0 Å². The average molecular weight is 430 g/mol. The van der Waals surface area contributed by atoms with Crippen molar-refractivity contribution in [2.45, 2.75) is 32.4 Å². The highest BCUT2D eigenvalue weighted by Crippen LogP contribution is 2.30. The number of benzene rings is 3. The van der Waals surface area contributed by atoms with Gasteiger partial charge in [0.15, 0.2) is 0 Å². The third-order valence-electron chi connectivity index (χ3n) is 5.05. The van der Waals surface area contributed by atoms with Crippen LogP contribution in [0.5, 0.6) is 0 Å². The lowest BCUT2D eigenvalue weighted by molar-refractivity contribution is 0.102. The van der Waals surface area contributed by atoms with Gasteiger partial charge in [-0.1, -0.05) is 66.5 Å². The molecule has 0 aliphatic carbocycles. The van der Waals surface area contributed by atoms with E-state index in [1.807, 2.05) is 38.1 Å². The Balaban J connectivity index is 1.64. The standard InChI is InChI=1S/C24H22Cl2FNO/c1-15-5-3-4-6-23(15)28-24(29)18-9-7-17(8-10-18)13-22(27)16(2)19-11-12-20(25)21(26)14-19/h3-12,14,16,22H,13H2,1-2H3,(H,28,29). The number of nitrogens with one attached hydrogen (secondary N) is 1. The lowest BCUT2D eigenvalue weighted by Crippen LogP contribution is -2.15. The fourth-order valence-corrected chi connectivity index (χ4v) is 3.41. The Morgan fingerprint density at radius 1 is 1.00 bits per heavy atom. The zero-order valence-corrected chi connectivity index (χ0v) is 17.8. The number of carbonyl (C=O) groups excluding carboxylic acids is 1. The van der Waals surface area contributed by atoms with Gasteiger partial charge in [0.25, 0.3) is 5.91 Å².